The van der Waals surface area contributed by atoms with Crippen LogP contribution in [0.2, 0.25) is 5.02 Å². The zero-order valence-corrected chi connectivity index (χ0v) is 14.1. The lowest BCUT2D eigenvalue weighted by Crippen LogP contribution is -2.40. The van der Waals surface area contributed by atoms with Gasteiger partial charge in [0.1, 0.15) is 0 Å². The lowest BCUT2D eigenvalue weighted by Gasteiger charge is -2.22. The first-order valence-corrected chi connectivity index (χ1v) is 5.82. The molecule has 0 aliphatic rings. The number of hydrogen-bond donors (Lipinski definition) is 1. The smallest absolute Gasteiger partial charge is 0.255 e. The second-order valence-corrected chi connectivity index (χ2v) is 4.37. The largest absolute Gasteiger partial charge is 0.351 e. The van der Waals surface area contributed by atoms with Gasteiger partial charge in [-0.2, -0.15) is 0 Å². The van der Waals surface area contributed by atoms with Crippen LogP contribution in [0.25, 0.3) is 0 Å². The number of aromatic nitrogens is 1. The number of nitrogens with one attached hydrogen (secondary N) is 1. The summed E-state index contributed by atoms with van der Waals surface area (Å²) in [7, 11) is 5.22. The molecule has 110 valence electrons. The molecule has 0 radical (unpaired) electrons. The molecule has 0 spiro atoms. The Balaban J connectivity index is 0.00000324. The Morgan fingerprint density at radius 3 is 2.63 bits per heavy atom. The molecule has 1 heterocycles. The molecular weight excluding hydrogens is 389 g/mol. The van der Waals surface area contributed by atoms with Crippen molar-refractivity contribution in [2.24, 2.45) is 12.0 Å². The molecular formula is C11H18ClF2IN4. The van der Waals surface area contributed by atoms with Crippen molar-refractivity contribution in [2.75, 3.05) is 20.6 Å². The SMILES string of the molecule is CN=C(NCC(F)F)N(C)Cc1cc(Cl)cn1C.I. The van der Waals surface area contributed by atoms with Gasteiger partial charge in [0.15, 0.2) is 5.96 Å². The Hall–Kier alpha value is -0.570. The van der Waals surface area contributed by atoms with E-state index in [2.05, 4.69) is 10.3 Å². The molecule has 1 N–H and O–H groups in total. The topological polar surface area (TPSA) is 32.6 Å². The number of aliphatic imine (C=N–C) groups is 1. The maximum Gasteiger partial charge on any atom is 0.255 e. The van der Waals surface area contributed by atoms with Crippen molar-refractivity contribution in [2.45, 2.75) is 13.0 Å². The van der Waals surface area contributed by atoms with Gasteiger partial charge >= 0.3 is 0 Å². The second kappa shape index (κ2) is 8.57. The lowest BCUT2D eigenvalue weighted by atomic mass is 10.4. The summed E-state index contributed by atoms with van der Waals surface area (Å²) >= 11 is 5.88. The molecule has 0 amide bonds. The Kier molecular flexibility index (Phi) is 8.31. The highest BCUT2D eigenvalue weighted by Crippen LogP contribution is 2.14. The average Bonchev–Trinajstić information content (AvgIpc) is 2.57. The van der Waals surface area contributed by atoms with E-state index in [1.807, 2.05) is 17.7 Å². The van der Waals surface area contributed by atoms with Crippen molar-refractivity contribution >= 4 is 41.5 Å². The molecule has 1 aromatic rings. The first-order valence-electron chi connectivity index (χ1n) is 5.44. The van der Waals surface area contributed by atoms with Crippen LogP contribution in [-0.2, 0) is 13.6 Å². The van der Waals surface area contributed by atoms with Gasteiger partial charge < -0.3 is 14.8 Å². The first-order chi connectivity index (χ1) is 8.43. The number of aryl methyl sites for hydroxylation is 1. The van der Waals surface area contributed by atoms with Crippen LogP contribution in [-0.4, -0.2) is 42.5 Å². The first kappa shape index (κ1) is 18.4. The highest BCUT2D eigenvalue weighted by molar-refractivity contribution is 14.0. The molecule has 0 saturated heterocycles. The van der Waals surface area contributed by atoms with Gasteiger partial charge in [-0.15, -0.1) is 24.0 Å². The fraction of sp³-hybridized carbons (Fsp3) is 0.545. The molecule has 0 fully saturated rings. The van der Waals surface area contributed by atoms with E-state index in [9.17, 15) is 8.78 Å². The normalized spacial score (nSPS) is 11.4. The summed E-state index contributed by atoms with van der Waals surface area (Å²) in [5, 5.41) is 3.25. The molecule has 0 unspecified atom stereocenters. The summed E-state index contributed by atoms with van der Waals surface area (Å²) in [6.07, 6.45) is -0.611. The minimum Gasteiger partial charge on any atom is -0.351 e. The summed E-state index contributed by atoms with van der Waals surface area (Å²) in [5.74, 6) is 0.424. The van der Waals surface area contributed by atoms with Crippen molar-refractivity contribution in [1.82, 2.24) is 14.8 Å². The van der Waals surface area contributed by atoms with E-state index < -0.39 is 13.0 Å². The van der Waals surface area contributed by atoms with E-state index in [0.29, 0.717) is 17.5 Å². The Bertz CT molecular complexity index is 423. The van der Waals surface area contributed by atoms with Crippen LogP contribution in [0.1, 0.15) is 5.69 Å². The van der Waals surface area contributed by atoms with Crippen LogP contribution < -0.4 is 5.32 Å². The summed E-state index contributed by atoms with van der Waals surface area (Å²) < 4.78 is 26.2. The summed E-state index contributed by atoms with van der Waals surface area (Å²) in [6.45, 7) is 0.122. The molecule has 0 saturated carbocycles. The van der Waals surface area contributed by atoms with Crippen LogP contribution in [0.5, 0.6) is 0 Å². The lowest BCUT2D eigenvalue weighted by molar-refractivity contribution is 0.151. The third-order valence-corrected chi connectivity index (χ3v) is 2.67. The van der Waals surface area contributed by atoms with Gasteiger partial charge in [-0.1, -0.05) is 11.6 Å². The number of rotatable bonds is 4. The molecule has 1 aromatic heterocycles. The number of alkyl halides is 2. The molecule has 4 nitrogen and oxygen atoms in total. The van der Waals surface area contributed by atoms with Crippen molar-refractivity contribution in [3.63, 3.8) is 0 Å². The van der Waals surface area contributed by atoms with E-state index in [-0.39, 0.29) is 24.0 Å². The average molecular weight is 407 g/mol. The number of hydrogen-bond acceptors (Lipinski definition) is 1. The minimum atomic E-state index is -2.40. The van der Waals surface area contributed by atoms with Crippen molar-refractivity contribution in [3.05, 3.63) is 23.0 Å². The van der Waals surface area contributed by atoms with Crippen molar-refractivity contribution in [1.29, 1.82) is 0 Å². The number of nitrogens with zero attached hydrogens (tertiary/aromatic N) is 3. The third kappa shape index (κ3) is 5.94. The van der Waals surface area contributed by atoms with E-state index in [1.165, 1.54) is 0 Å². The molecule has 0 aromatic carbocycles. The molecule has 0 aliphatic heterocycles. The van der Waals surface area contributed by atoms with Gasteiger partial charge in [0.2, 0.25) is 0 Å². The quantitative estimate of drug-likeness (QED) is 0.474. The van der Waals surface area contributed by atoms with Crippen LogP contribution in [0.15, 0.2) is 17.3 Å². The molecule has 8 heteroatoms. The Labute approximate surface area is 133 Å². The van der Waals surface area contributed by atoms with Crippen molar-refractivity contribution < 1.29 is 8.78 Å². The highest BCUT2D eigenvalue weighted by Gasteiger charge is 2.11. The summed E-state index contributed by atoms with van der Waals surface area (Å²) in [6, 6.07) is 1.83. The maximum atomic E-state index is 12.1. The predicted octanol–water partition coefficient (Wildman–Crippen LogP) is 2.57. The van der Waals surface area contributed by atoms with E-state index in [4.69, 9.17) is 11.6 Å². The summed E-state index contributed by atoms with van der Waals surface area (Å²) in [5.41, 5.74) is 0.975. The Morgan fingerprint density at radius 1 is 1.58 bits per heavy atom. The van der Waals surface area contributed by atoms with Crippen LogP contribution in [0.4, 0.5) is 8.78 Å². The third-order valence-electron chi connectivity index (χ3n) is 2.46. The minimum absolute atomic E-state index is 0. The maximum absolute atomic E-state index is 12.1. The van der Waals surface area contributed by atoms with Gasteiger partial charge in [0.05, 0.1) is 18.1 Å². The predicted molar refractivity (Wildman–Crippen MR) is 84.7 cm³/mol. The highest BCUT2D eigenvalue weighted by atomic mass is 127. The fourth-order valence-corrected chi connectivity index (χ4v) is 1.87. The van der Waals surface area contributed by atoms with Gasteiger partial charge in [0, 0.05) is 33.0 Å². The fourth-order valence-electron chi connectivity index (χ4n) is 1.59. The second-order valence-electron chi connectivity index (χ2n) is 3.94. The molecule has 0 atom stereocenters. The van der Waals surface area contributed by atoms with E-state index >= 15 is 0 Å². The molecule has 1 rings (SSSR count). The van der Waals surface area contributed by atoms with E-state index in [0.717, 1.165) is 5.69 Å². The van der Waals surface area contributed by atoms with E-state index in [1.54, 1.807) is 25.2 Å². The van der Waals surface area contributed by atoms with Crippen LogP contribution >= 0.6 is 35.6 Å². The standard InChI is InChI=1S/C11H17ClF2N4.HI/c1-15-11(16-5-10(13)14)18(3)7-9-4-8(12)6-17(9)2;/h4,6,10H,5,7H2,1-3H3,(H,15,16);1H. The van der Waals surface area contributed by atoms with Gasteiger partial charge in [-0.3, -0.25) is 4.99 Å². The van der Waals surface area contributed by atoms with Gasteiger partial charge in [-0.25, -0.2) is 8.78 Å². The molecule has 0 bridgehead atoms. The molecule has 19 heavy (non-hydrogen) atoms. The zero-order chi connectivity index (χ0) is 13.7. The van der Waals surface area contributed by atoms with Crippen molar-refractivity contribution in [3.8, 4) is 0 Å². The summed E-state index contributed by atoms with van der Waals surface area (Å²) in [4.78, 5) is 5.71. The number of guanidine groups is 1. The Morgan fingerprint density at radius 2 is 2.21 bits per heavy atom. The molecule has 0 aliphatic carbocycles. The monoisotopic (exact) mass is 406 g/mol. The number of halogens is 4. The van der Waals surface area contributed by atoms with Crippen LogP contribution in [0.3, 0.4) is 0 Å². The van der Waals surface area contributed by atoms with Gasteiger partial charge in [-0.05, 0) is 6.07 Å². The zero-order valence-electron chi connectivity index (χ0n) is 11.0. The van der Waals surface area contributed by atoms with Crippen LogP contribution in [0, 0.1) is 0 Å². The van der Waals surface area contributed by atoms with Gasteiger partial charge in [0.25, 0.3) is 6.43 Å².